The van der Waals surface area contributed by atoms with Crippen molar-refractivity contribution in [3.05, 3.63) is 39.6 Å². The van der Waals surface area contributed by atoms with Gasteiger partial charge < -0.3 is 16.8 Å². The Kier molecular flexibility index (Phi) is 4.19. The van der Waals surface area contributed by atoms with E-state index in [1.165, 1.54) is 6.07 Å². The van der Waals surface area contributed by atoms with Gasteiger partial charge in [0.05, 0.1) is 16.3 Å². The van der Waals surface area contributed by atoms with E-state index in [0.717, 1.165) is 16.8 Å². The number of anilines is 2. The number of halogens is 1. The van der Waals surface area contributed by atoms with Crippen molar-refractivity contribution in [3.63, 3.8) is 0 Å². The lowest BCUT2D eigenvalue weighted by molar-refractivity contribution is 0.100. The molecule has 0 bridgehead atoms. The predicted octanol–water partition coefficient (Wildman–Crippen LogP) is 1.93. The van der Waals surface area contributed by atoms with Crippen LogP contribution < -0.4 is 16.8 Å². The summed E-state index contributed by atoms with van der Waals surface area (Å²) in [4.78, 5) is 15.5. The summed E-state index contributed by atoms with van der Waals surface area (Å²) in [6.45, 7) is 2.43. The highest BCUT2D eigenvalue weighted by Crippen LogP contribution is 2.22. The van der Waals surface area contributed by atoms with Crippen molar-refractivity contribution in [1.29, 1.82) is 0 Å². The molecule has 1 aromatic carbocycles. The first-order valence-corrected chi connectivity index (χ1v) is 6.89. The molecule has 0 atom stereocenters. The highest BCUT2D eigenvalue weighted by atomic mass is 32.1. The number of thiazole rings is 1. The number of nitrogens with zero attached hydrogens (tertiary/aromatic N) is 1. The van der Waals surface area contributed by atoms with Crippen LogP contribution in [0.25, 0.3) is 0 Å². The van der Waals surface area contributed by atoms with Gasteiger partial charge in [-0.2, -0.15) is 0 Å². The smallest absolute Gasteiger partial charge is 0.250 e. The summed E-state index contributed by atoms with van der Waals surface area (Å²) in [6.07, 6.45) is 0.675. The number of nitrogen functional groups attached to an aromatic ring is 1. The van der Waals surface area contributed by atoms with Crippen molar-refractivity contribution < 1.29 is 9.18 Å². The summed E-state index contributed by atoms with van der Waals surface area (Å²) in [7, 11) is 0. The molecular formula is C13H15FN4OS. The minimum atomic E-state index is -0.680. The fourth-order valence-corrected chi connectivity index (χ4v) is 2.54. The molecule has 0 fully saturated rings. The molecule has 7 heteroatoms. The normalized spacial score (nSPS) is 10.5. The van der Waals surface area contributed by atoms with Crippen LogP contribution in [-0.4, -0.2) is 17.4 Å². The molecule has 0 saturated carbocycles. The molecule has 1 heterocycles. The Bertz CT molecular complexity index is 641. The quantitative estimate of drug-likeness (QED) is 0.734. The van der Waals surface area contributed by atoms with E-state index in [2.05, 4.69) is 10.3 Å². The summed E-state index contributed by atoms with van der Waals surface area (Å²) >= 11 is 1.56. The maximum atomic E-state index is 13.7. The van der Waals surface area contributed by atoms with Crippen LogP contribution >= 0.6 is 11.3 Å². The van der Waals surface area contributed by atoms with Gasteiger partial charge in [0.1, 0.15) is 5.82 Å². The van der Waals surface area contributed by atoms with E-state index >= 15 is 0 Å². The molecule has 0 aliphatic carbocycles. The number of hydrogen-bond acceptors (Lipinski definition) is 5. The molecule has 5 N–H and O–H groups in total. The summed E-state index contributed by atoms with van der Waals surface area (Å²) in [5.74, 6) is -1.19. The van der Waals surface area contributed by atoms with Gasteiger partial charge in [-0.3, -0.25) is 4.79 Å². The molecule has 20 heavy (non-hydrogen) atoms. The lowest BCUT2D eigenvalue weighted by atomic mass is 10.1. The molecule has 2 aromatic rings. The van der Waals surface area contributed by atoms with Crippen molar-refractivity contribution in [2.75, 3.05) is 17.6 Å². The van der Waals surface area contributed by atoms with Crippen molar-refractivity contribution in [2.24, 2.45) is 5.73 Å². The van der Waals surface area contributed by atoms with Crippen LogP contribution in [0.2, 0.25) is 0 Å². The monoisotopic (exact) mass is 294 g/mol. The number of amides is 1. The first kappa shape index (κ1) is 14.3. The Balaban J connectivity index is 2.05. The highest BCUT2D eigenvalue weighted by Gasteiger charge is 2.11. The van der Waals surface area contributed by atoms with E-state index in [4.69, 9.17) is 11.5 Å². The fraction of sp³-hybridized carbons (Fsp3) is 0.231. The molecule has 0 spiro atoms. The molecule has 1 aromatic heterocycles. The Morgan fingerprint density at radius 3 is 2.85 bits per heavy atom. The molecule has 0 aliphatic heterocycles. The second-order valence-electron chi connectivity index (χ2n) is 4.34. The van der Waals surface area contributed by atoms with Crippen molar-refractivity contribution >= 4 is 28.6 Å². The number of aryl methyl sites for hydroxylation is 1. The van der Waals surface area contributed by atoms with Crippen LogP contribution in [0.1, 0.15) is 21.1 Å². The van der Waals surface area contributed by atoms with E-state index < -0.39 is 11.7 Å². The first-order chi connectivity index (χ1) is 9.47. The van der Waals surface area contributed by atoms with Crippen molar-refractivity contribution in [2.45, 2.75) is 13.3 Å². The Hall–Kier alpha value is -2.15. The van der Waals surface area contributed by atoms with Crippen LogP contribution in [0.3, 0.4) is 0 Å². The largest absolute Gasteiger partial charge is 0.398 e. The minimum absolute atomic E-state index is 0.0381. The molecular weight excluding hydrogens is 279 g/mol. The number of hydrogen-bond donors (Lipinski definition) is 3. The van der Waals surface area contributed by atoms with E-state index in [9.17, 15) is 9.18 Å². The minimum Gasteiger partial charge on any atom is -0.398 e. The predicted molar refractivity (Wildman–Crippen MR) is 78.4 cm³/mol. The van der Waals surface area contributed by atoms with Crippen LogP contribution in [-0.2, 0) is 6.42 Å². The molecule has 0 aliphatic rings. The third-order valence-corrected chi connectivity index (χ3v) is 3.75. The summed E-state index contributed by atoms with van der Waals surface area (Å²) in [5, 5.41) is 5.86. The SMILES string of the molecule is Cc1csc(CCNc2cc(C(N)=O)c(N)cc2F)n1. The zero-order chi connectivity index (χ0) is 14.7. The summed E-state index contributed by atoms with van der Waals surface area (Å²) in [5.41, 5.74) is 12.0. The van der Waals surface area contributed by atoms with Gasteiger partial charge in [0.15, 0.2) is 0 Å². The van der Waals surface area contributed by atoms with Gasteiger partial charge in [-0.1, -0.05) is 0 Å². The Labute approximate surface area is 119 Å². The topological polar surface area (TPSA) is 94.0 Å². The lowest BCUT2D eigenvalue weighted by Crippen LogP contribution is -2.15. The summed E-state index contributed by atoms with van der Waals surface area (Å²) < 4.78 is 13.7. The van der Waals surface area contributed by atoms with Crippen LogP contribution in [0, 0.1) is 12.7 Å². The number of primary amides is 1. The van der Waals surface area contributed by atoms with E-state index in [0.29, 0.717) is 13.0 Å². The zero-order valence-electron chi connectivity index (χ0n) is 10.9. The van der Waals surface area contributed by atoms with Gasteiger partial charge in [-0.15, -0.1) is 11.3 Å². The van der Waals surface area contributed by atoms with Crippen LogP contribution in [0.4, 0.5) is 15.8 Å². The van der Waals surface area contributed by atoms with Gasteiger partial charge in [0, 0.05) is 29.7 Å². The second kappa shape index (κ2) is 5.87. The van der Waals surface area contributed by atoms with Gasteiger partial charge in [0.25, 0.3) is 5.91 Å². The zero-order valence-corrected chi connectivity index (χ0v) is 11.8. The molecule has 106 valence electrons. The maximum absolute atomic E-state index is 13.7. The fourth-order valence-electron chi connectivity index (χ4n) is 1.76. The molecule has 0 radical (unpaired) electrons. The number of nitrogens with one attached hydrogen (secondary N) is 1. The molecule has 2 rings (SSSR count). The molecule has 0 unspecified atom stereocenters. The van der Waals surface area contributed by atoms with Crippen molar-refractivity contribution in [3.8, 4) is 0 Å². The Morgan fingerprint density at radius 2 is 2.25 bits per heavy atom. The van der Waals surface area contributed by atoms with Crippen LogP contribution in [0.15, 0.2) is 17.5 Å². The number of aromatic nitrogens is 1. The van der Waals surface area contributed by atoms with Gasteiger partial charge in [0.2, 0.25) is 0 Å². The van der Waals surface area contributed by atoms with Gasteiger partial charge in [-0.05, 0) is 19.1 Å². The number of nitrogens with two attached hydrogens (primary N) is 2. The average Bonchev–Trinajstić information content (AvgIpc) is 2.77. The third kappa shape index (κ3) is 3.24. The van der Waals surface area contributed by atoms with Gasteiger partial charge >= 0.3 is 0 Å². The average molecular weight is 294 g/mol. The number of carbonyl (C=O) groups is 1. The van der Waals surface area contributed by atoms with E-state index in [1.54, 1.807) is 11.3 Å². The van der Waals surface area contributed by atoms with Crippen LogP contribution in [0.5, 0.6) is 0 Å². The van der Waals surface area contributed by atoms with Gasteiger partial charge in [-0.25, -0.2) is 9.37 Å². The number of carbonyl (C=O) groups excluding carboxylic acids is 1. The third-order valence-electron chi connectivity index (χ3n) is 2.73. The Morgan fingerprint density at radius 1 is 1.50 bits per heavy atom. The number of benzene rings is 1. The molecule has 1 amide bonds. The van der Waals surface area contributed by atoms with Crippen molar-refractivity contribution in [1.82, 2.24) is 4.98 Å². The molecule has 5 nitrogen and oxygen atoms in total. The standard InChI is InChI=1S/C13H15FN4OS/c1-7-6-20-12(18-7)2-3-17-11-4-8(13(16)19)10(15)5-9(11)14/h4-6,17H,2-3,15H2,1H3,(H2,16,19). The first-order valence-electron chi connectivity index (χ1n) is 6.01. The number of rotatable bonds is 5. The highest BCUT2D eigenvalue weighted by molar-refractivity contribution is 7.09. The van der Waals surface area contributed by atoms with E-state index in [-0.39, 0.29) is 16.9 Å². The van der Waals surface area contributed by atoms with E-state index in [1.807, 2.05) is 12.3 Å². The second-order valence-corrected chi connectivity index (χ2v) is 5.29. The lowest BCUT2D eigenvalue weighted by Gasteiger charge is -2.10. The maximum Gasteiger partial charge on any atom is 0.250 e. The molecule has 0 saturated heterocycles. The summed E-state index contributed by atoms with van der Waals surface area (Å²) in [6, 6.07) is 2.43.